The van der Waals surface area contributed by atoms with Gasteiger partial charge in [-0.25, -0.2) is 5.01 Å². The number of rotatable bonds is 4. The van der Waals surface area contributed by atoms with Crippen LogP contribution in [0.3, 0.4) is 0 Å². The normalized spacial score (nSPS) is 19.3. The molecule has 0 saturated carbocycles. The van der Waals surface area contributed by atoms with Crippen molar-refractivity contribution in [3.05, 3.63) is 75.8 Å². The van der Waals surface area contributed by atoms with E-state index in [0.29, 0.717) is 16.5 Å². The fourth-order valence-electron chi connectivity index (χ4n) is 2.76. The van der Waals surface area contributed by atoms with Gasteiger partial charge < -0.3 is 5.11 Å². The van der Waals surface area contributed by atoms with E-state index in [9.17, 15) is 15.2 Å². The van der Waals surface area contributed by atoms with Crippen LogP contribution in [0.2, 0.25) is 0 Å². The number of hydrogen-bond donors (Lipinski definition) is 1. The molecular formula is C18H17N3O3S2. The van der Waals surface area contributed by atoms with Crippen molar-refractivity contribution in [1.82, 2.24) is 5.01 Å². The summed E-state index contributed by atoms with van der Waals surface area (Å²) in [6, 6.07) is 15.7. The van der Waals surface area contributed by atoms with Gasteiger partial charge in [0.15, 0.2) is 10.0 Å². The van der Waals surface area contributed by atoms with Crippen LogP contribution in [0.25, 0.3) is 0 Å². The van der Waals surface area contributed by atoms with Crippen molar-refractivity contribution in [2.45, 2.75) is 24.8 Å². The molecule has 2 aromatic rings. The standard InChI is InChI=1S/C18H17N3O3S2/c1-13-11-18(22,15-5-3-2-4-6-15)20(19-13)17(25)26-12-14-7-9-16(10-8-14)21(23)24/h2-10,22H,11-12H2,1H3. The van der Waals surface area contributed by atoms with Gasteiger partial charge in [0.2, 0.25) is 0 Å². The number of thioether (sulfide) groups is 1. The molecule has 3 rings (SSSR count). The van der Waals surface area contributed by atoms with E-state index in [1.807, 2.05) is 37.3 Å². The molecule has 2 aromatic carbocycles. The van der Waals surface area contributed by atoms with Crippen LogP contribution >= 0.6 is 24.0 Å². The van der Waals surface area contributed by atoms with Gasteiger partial charge in [0, 0.05) is 35.6 Å². The maximum absolute atomic E-state index is 11.2. The Bertz CT molecular complexity index is 856. The predicted octanol–water partition coefficient (Wildman–Crippen LogP) is 4.04. The maximum Gasteiger partial charge on any atom is 0.269 e. The zero-order valence-corrected chi connectivity index (χ0v) is 15.7. The Labute approximate surface area is 160 Å². The summed E-state index contributed by atoms with van der Waals surface area (Å²) in [5.41, 5.74) is 1.21. The van der Waals surface area contributed by atoms with E-state index in [4.69, 9.17) is 12.2 Å². The molecule has 0 spiro atoms. The second kappa shape index (κ2) is 7.53. The summed E-state index contributed by atoms with van der Waals surface area (Å²) in [5.74, 6) is 0.534. The molecule has 1 atom stereocenters. The molecule has 1 unspecified atom stereocenters. The van der Waals surface area contributed by atoms with Crippen LogP contribution in [-0.2, 0) is 11.5 Å². The fourth-order valence-corrected chi connectivity index (χ4v) is 3.93. The van der Waals surface area contributed by atoms with E-state index in [0.717, 1.165) is 16.8 Å². The van der Waals surface area contributed by atoms with Crippen LogP contribution in [0.1, 0.15) is 24.5 Å². The number of nitro groups is 1. The van der Waals surface area contributed by atoms with E-state index in [1.54, 1.807) is 12.1 Å². The van der Waals surface area contributed by atoms with Crippen molar-refractivity contribution in [2.75, 3.05) is 0 Å². The van der Waals surface area contributed by atoms with Crippen LogP contribution in [0.15, 0.2) is 59.7 Å². The van der Waals surface area contributed by atoms with Crippen molar-refractivity contribution < 1.29 is 10.0 Å². The van der Waals surface area contributed by atoms with Crippen LogP contribution < -0.4 is 0 Å². The summed E-state index contributed by atoms with van der Waals surface area (Å²) in [4.78, 5) is 10.3. The van der Waals surface area contributed by atoms with E-state index in [-0.39, 0.29) is 5.69 Å². The van der Waals surface area contributed by atoms with Gasteiger partial charge in [0.05, 0.1) is 4.92 Å². The topological polar surface area (TPSA) is 79.0 Å². The van der Waals surface area contributed by atoms with Crippen molar-refractivity contribution in [2.24, 2.45) is 5.10 Å². The Morgan fingerprint density at radius 2 is 1.96 bits per heavy atom. The Morgan fingerprint density at radius 3 is 2.58 bits per heavy atom. The molecule has 1 N–H and O–H groups in total. The first-order chi connectivity index (χ1) is 12.4. The zero-order valence-electron chi connectivity index (χ0n) is 14.0. The van der Waals surface area contributed by atoms with Gasteiger partial charge >= 0.3 is 0 Å². The number of nitrogens with zero attached hydrogens (tertiary/aromatic N) is 3. The smallest absolute Gasteiger partial charge is 0.269 e. The highest BCUT2D eigenvalue weighted by molar-refractivity contribution is 8.22. The second-order valence-corrected chi connectivity index (χ2v) is 7.59. The summed E-state index contributed by atoms with van der Waals surface area (Å²) in [6.07, 6.45) is 0.384. The average molecular weight is 387 g/mol. The van der Waals surface area contributed by atoms with E-state index in [1.165, 1.54) is 28.9 Å². The summed E-state index contributed by atoms with van der Waals surface area (Å²) in [6.45, 7) is 1.86. The monoisotopic (exact) mass is 387 g/mol. The lowest BCUT2D eigenvalue weighted by atomic mass is 9.98. The number of hydrogen-bond acceptors (Lipinski definition) is 6. The van der Waals surface area contributed by atoms with Crippen LogP contribution in [0, 0.1) is 10.1 Å². The van der Waals surface area contributed by atoms with Gasteiger partial charge in [-0.2, -0.15) is 5.10 Å². The third-order valence-electron chi connectivity index (χ3n) is 4.04. The van der Waals surface area contributed by atoms with Crippen molar-refractivity contribution in [1.29, 1.82) is 0 Å². The van der Waals surface area contributed by atoms with Crippen LogP contribution in [-0.4, -0.2) is 25.1 Å². The van der Waals surface area contributed by atoms with E-state index >= 15 is 0 Å². The molecule has 1 aliphatic heterocycles. The summed E-state index contributed by atoms with van der Waals surface area (Å²) in [5, 5.41) is 27.8. The molecule has 0 aromatic heterocycles. The molecule has 0 bridgehead atoms. The number of nitro benzene ring substituents is 1. The Kier molecular flexibility index (Phi) is 5.36. The van der Waals surface area contributed by atoms with Gasteiger partial charge in [0.1, 0.15) is 0 Å². The number of non-ortho nitro benzene ring substituents is 1. The van der Waals surface area contributed by atoms with E-state index in [2.05, 4.69) is 5.10 Å². The molecule has 134 valence electrons. The first-order valence-electron chi connectivity index (χ1n) is 7.92. The molecule has 0 saturated heterocycles. The largest absolute Gasteiger partial charge is 0.365 e. The van der Waals surface area contributed by atoms with Gasteiger partial charge in [-0.3, -0.25) is 10.1 Å². The van der Waals surface area contributed by atoms with E-state index < -0.39 is 10.6 Å². The molecule has 0 fully saturated rings. The minimum absolute atomic E-state index is 0.0551. The summed E-state index contributed by atoms with van der Waals surface area (Å²) in [7, 11) is 0. The molecule has 6 nitrogen and oxygen atoms in total. The lowest BCUT2D eigenvalue weighted by molar-refractivity contribution is -0.384. The third kappa shape index (κ3) is 3.77. The number of thiocarbonyl (C=S) groups is 1. The fraction of sp³-hybridized carbons (Fsp3) is 0.222. The van der Waals surface area contributed by atoms with Crippen LogP contribution in [0.4, 0.5) is 5.69 Å². The molecule has 0 amide bonds. The van der Waals surface area contributed by atoms with Gasteiger partial charge in [-0.05, 0) is 12.5 Å². The van der Waals surface area contributed by atoms with Crippen molar-refractivity contribution in [3.8, 4) is 0 Å². The highest BCUT2D eigenvalue weighted by Crippen LogP contribution is 2.37. The van der Waals surface area contributed by atoms with Crippen molar-refractivity contribution >= 4 is 39.7 Å². The Hall–Kier alpha value is -2.29. The minimum atomic E-state index is -1.29. The lowest BCUT2D eigenvalue weighted by Crippen LogP contribution is -2.41. The Morgan fingerprint density at radius 1 is 1.31 bits per heavy atom. The van der Waals surface area contributed by atoms with Crippen LogP contribution in [0.5, 0.6) is 0 Å². The minimum Gasteiger partial charge on any atom is -0.365 e. The first kappa shape index (κ1) is 18.5. The molecular weight excluding hydrogens is 370 g/mol. The quantitative estimate of drug-likeness (QED) is 0.485. The number of hydrazone groups is 1. The molecule has 1 heterocycles. The van der Waals surface area contributed by atoms with Gasteiger partial charge in [-0.15, -0.1) is 0 Å². The van der Waals surface area contributed by atoms with Gasteiger partial charge in [-0.1, -0.05) is 66.4 Å². The second-order valence-electron chi connectivity index (χ2n) is 5.98. The Balaban J connectivity index is 1.72. The predicted molar refractivity (Wildman–Crippen MR) is 107 cm³/mol. The van der Waals surface area contributed by atoms with Gasteiger partial charge in [0.25, 0.3) is 5.69 Å². The highest BCUT2D eigenvalue weighted by atomic mass is 32.2. The third-order valence-corrected chi connectivity index (χ3v) is 5.47. The molecule has 8 heteroatoms. The number of benzene rings is 2. The average Bonchev–Trinajstić information content (AvgIpc) is 2.96. The molecule has 26 heavy (non-hydrogen) atoms. The zero-order chi connectivity index (χ0) is 18.7. The summed E-state index contributed by atoms with van der Waals surface area (Å²) < 4.78 is 0.451. The number of aliphatic hydroxyl groups is 1. The molecule has 0 radical (unpaired) electrons. The maximum atomic E-state index is 11.2. The highest BCUT2D eigenvalue weighted by Gasteiger charge is 2.43. The lowest BCUT2D eigenvalue weighted by Gasteiger charge is -2.32. The summed E-state index contributed by atoms with van der Waals surface area (Å²) >= 11 is 6.86. The molecule has 0 aliphatic carbocycles. The van der Waals surface area contributed by atoms with Crippen molar-refractivity contribution in [3.63, 3.8) is 0 Å². The molecule has 1 aliphatic rings. The SMILES string of the molecule is CC1=NN(C(=S)SCc2ccc([N+](=O)[O-])cc2)C(O)(c2ccccc2)C1. The first-order valence-corrected chi connectivity index (χ1v) is 9.32.